The van der Waals surface area contributed by atoms with Crippen LogP contribution in [0, 0.1) is 5.92 Å². The first-order chi connectivity index (χ1) is 13.6. The van der Waals surface area contributed by atoms with E-state index in [1.807, 2.05) is 41.8 Å². The van der Waals surface area contributed by atoms with Gasteiger partial charge in [0.2, 0.25) is 11.8 Å². The van der Waals surface area contributed by atoms with Gasteiger partial charge in [-0.1, -0.05) is 18.2 Å². The number of nitrogens with one attached hydrogen (secondary N) is 1. The normalized spacial score (nSPS) is 19.7. The average molecular weight is 398 g/mol. The fraction of sp³-hybridized carbons (Fsp3) is 0.381. The van der Waals surface area contributed by atoms with Gasteiger partial charge in [-0.2, -0.15) is 0 Å². The molecule has 2 aromatic rings. The van der Waals surface area contributed by atoms with Crippen LogP contribution < -0.4 is 10.2 Å². The molecule has 28 heavy (non-hydrogen) atoms. The minimum absolute atomic E-state index is 0.00411. The Hall–Kier alpha value is -2.67. The topological polar surface area (TPSA) is 69.7 Å². The summed E-state index contributed by atoms with van der Waals surface area (Å²) < 4.78 is 0. The van der Waals surface area contributed by atoms with E-state index >= 15 is 0 Å². The van der Waals surface area contributed by atoms with E-state index in [1.165, 1.54) is 11.3 Å². The van der Waals surface area contributed by atoms with E-state index in [9.17, 15) is 14.4 Å². The molecule has 2 fully saturated rings. The molecule has 7 heteroatoms. The molecular formula is C21H23N3O3S. The second-order valence-electron chi connectivity index (χ2n) is 7.22. The molecule has 146 valence electrons. The summed E-state index contributed by atoms with van der Waals surface area (Å²) in [6.45, 7) is 1.78. The standard InChI is InChI=1S/C21H23N3O3S/c25-19-10-4-12-24(19)17-8-2-1-7-16(17)22-20(26)15-6-3-11-23(14-15)21(27)18-9-5-13-28-18/h1-2,5,7-9,13,15H,3-4,6,10-12,14H2,(H,22,26)/t15-/m1/s1. The fourth-order valence-corrected chi connectivity index (χ4v) is 4.57. The summed E-state index contributed by atoms with van der Waals surface area (Å²) in [6, 6.07) is 11.1. The largest absolute Gasteiger partial charge is 0.337 e. The third-order valence-corrected chi connectivity index (χ3v) is 6.20. The van der Waals surface area contributed by atoms with Gasteiger partial charge in [0.05, 0.1) is 22.2 Å². The van der Waals surface area contributed by atoms with Crippen molar-refractivity contribution in [1.29, 1.82) is 0 Å². The molecule has 0 saturated carbocycles. The Morgan fingerprint density at radius 2 is 1.93 bits per heavy atom. The summed E-state index contributed by atoms with van der Waals surface area (Å²) in [7, 11) is 0. The van der Waals surface area contributed by atoms with Crippen LogP contribution in [0.4, 0.5) is 11.4 Å². The summed E-state index contributed by atoms with van der Waals surface area (Å²) >= 11 is 1.42. The van der Waals surface area contributed by atoms with E-state index in [1.54, 1.807) is 9.80 Å². The van der Waals surface area contributed by atoms with Gasteiger partial charge in [-0.3, -0.25) is 14.4 Å². The number of amides is 3. The minimum Gasteiger partial charge on any atom is -0.337 e. The molecule has 0 unspecified atom stereocenters. The van der Waals surface area contributed by atoms with Gasteiger partial charge < -0.3 is 15.1 Å². The average Bonchev–Trinajstić information content (AvgIpc) is 3.40. The van der Waals surface area contributed by atoms with E-state index in [2.05, 4.69) is 5.32 Å². The van der Waals surface area contributed by atoms with E-state index in [0.717, 1.165) is 24.9 Å². The Morgan fingerprint density at radius 1 is 1.07 bits per heavy atom. The minimum atomic E-state index is -0.250. The van der Waals surface area contributed by atoms with E-state index in [4.69, 9.17) is 0 Å². The molecule has 0 spiro atoms. The van der Waals surface area contributed by atoms with Gasteiger partial charge in [0.15, 0.2) is 0 Å². The molecule has 2 saturated heterocycles. The maximum absolute atomic E-state index is 12.9. The molecule has 2 aliphatic rings. The third kappa shape index (κ3) is 3.80. The Morgan fingerprint density at radius 3 is 2.68 bits per heavy atom. The fourth-order valence-electron chi connectivity index (χ4n) is 3.88. The zero-order valence-electron chi connectivity index (χ0n) is 15.6. The van der Waals surface area contributed by atoms with Gasteiger partial charge in [-0.05, 0) is 42.8 Å². The summed E-state index contributed by atoms with van der Waals surface area (Å²) in [4.78, 5) is 41.9. The molecule has 0 aliphatic carbocycles. The van der Waals surface area contributed by atoms with Crippen LogP contribution in [-0.4, -0.2) is 42.3 Å². The van der Waals surface area contributed by atoms with Gasteiger partial charge in [-0.25, -0.2) is 0 Å². The quantitative estimate of drug-likeness (QED) is 0.860. The van der Waals surface area contributed by atoms with Crippen LogP contribution in [-0.2, 0) is 9.59 Å². The molecular weight excluding hydrogens is 374 g/mol. The van der Waals surface area contributed by atoms with Crippen LogP contribution in [0.5, 0.6) is 0 Å². The Bertz CT molecular complexity index is 881. The molecule has 3 amide bonds. The first-order valence-electron chi connectivity index (χ1n) is 9.66. The Labute approximate surface area is 168 Å². The Kier molecular flexibility index (Phi) is 5.43. The van der Waals surface area contributed by atoms with Crippen LogP contribution in [0.15, 0.2) is 41.8 Å². The molecule has 1 aromatic heterocycles. The zero-order valence-corrected chi connectivity index (χ0v) is 16.4. The molecule has 0 radical (unpaired) electrons. The number of para-hydroxylation sites is 2. The molecule has 1 N–H and O–H groups in total. The van der Waals surface area contributed by atoms with Crippen molar-refractivity contribution in [2.45, 2.75) is 25.7 Å². The van der Waals surface area contributed by atoms with Crippen molar-refractivity contribution in [3.63, 3.8) is 0 Å². The van der Waals surface area contributed by atoms with Crippen LogP contribution >= 0.6 is 11.3 Å². The number of carbonyl (C=O) groups is 3. The molecule has 3 heterocycles. The number of hydrogen-bond donors (Lipinski definition) is 1. The number of piperidine rings is 1. The predicted molar refractivity (Wildman–Crippen MR) is 110 cm³/mol. The van der Waals surface area contributed by atoms with Crippen molar-refractivity contribution in [1.82, 2.24) is 4.90 Å². The lowest BCUT2D eigenvalue weighted by atomic mass is 9.96. The first-order valence-corrected chi connectivity index (χ1v) is 10.5. The maximum Gasteiger partial charge on any atom is 0.263 e. The highest BCUT2D eigenvalue weighted by atomic mass is 32.1. The van der Waals surface area contributed by atoms with E-state index in [0.29, 0.717) is 36.6 Å². The second-order valence-corrected chi connectivity index (χ2v) is 8.17. The number of benzene rings is 1. The summed E-state index contributed by atoms with van der Waals surface area (Å²) in [5.41, 5.74) is 1.41. The number of carbonyl (C=O) groups excluding carboxylic acids is 3. The molecule has 4 rings (SSSR count). The first kappa shape index (κ1) is 18.7. The van der Waals surface area contributed by atoms with Crippen molar-refractivity contribution in [2.24, 2.45) is 5.92 Å². The van der Waals surface area contributed by atoms with Crippen LogP contribution in [0.3, 0.4) is 0 Å². The van der Waals surface area contributed by atoms with Crippen LogP contribution in [0.2, 0.25) is 0 Å². The van der Waals surface area contributed by atoms with Gasteiger partial charge in [0, 0.05) is 26.1 Å². The number of likely N-dealkylation sites (tertiary alicyclic amines) is 1. The van der Waals surface area contributed by atoms with Crippen molar-refractivity contribution < 1.29 is 14.4 Å². The van der Waals surface area contributed by atoms with Gasteiger partial charge in [0.1, 0.15) is 0 Å². The lowest BCUT2D eigenvalue weighted by Gasteiger charge is -2.32. The van der Waals surface area contributed by atoms with E-state index < -0.39 is 0 Å². The smallest absolute Gasteiger partial charge is 0.263 e. The SMILES string of the molecule is O=C(Nc1ccccc1N1CCCC1=O)[C@@H]1CCCN(C(=O)c2cccs2)C1. The number of hydrogen-bond acceptors (Lipinski definition) is 4. The summed E-state index contributed by atoms with van der Waals surface area (Å²) in [5.74, 6) is -0.259. The molecule has 1 atom stereocenters. The highest BCUT2D eigenvalue weighted by molar-refractivity contribution is 7.12. The maximum atomic E-state index is 12.9. The van der Waals surface area contributed by atoms with Crippen LogP contribution in [0.1, 0.15) is 35.4 Å². The molecule has 0 bridgehead atoms. The monoisotopic (exact) mass is 397 g/mol. The molecule has 2 aliphatic heterocycles. The van der Waals surface area contributed by atoms with Gasteiger partial charge >= 0.3 is 0 Å². The van der Waals surface area contributed by atoms with Gasteiger partial charge in [0.25, 0.3) is 5.91 Å². The van der Waals surface area contributed by atoms with Crippen molar-refractivity contribution in [3.05, 3.63) is 46.7 Å². The number of thiophene rings is 1. The number of anilines is 2. The molecule has 1 aromatic carbocycles. The molecule has 6 nitrogen and oxygen atoms in total. The van der Waals surface area contributed by atoms with Gasteiger partial charge in [-0.15, -0.1) is 11.3 Å². The zero-order chi connectivity index (χ0) is 19.5. The lowest BCUT2D eigenvalue weighted by molar-refractivity contribution is -0.121. The van der Waals surface area contributed by atoms with Crippen molar-refractivity contribution >= 4 is 40.4 Å². The summed E-state index contributed by atoms with van der Waals surface area (Å²) in [5, 5.41) is 4.89. The highest BCUT2D eigenvalue weighted by Crippen LogP contribution is 2.30. The van der Waals surface area contributed by atoms with Crippen LogP contribution in [0.25, 0.3) is 0 Å². The number of nitrogens with zero attached hydrogens (tertiary/aromatic N) is 2. The predicted octanol–water partition coefficient (Wildman–Crippen LogP) is 3.37. The van der Waals surface area contributed by atoms with Crippen molar-refractivity contribution in [3.8, 4) is 0 Å². The lowest BCUT2D eigenvalue weighted by Crippen LogP contribution is -2.43. The summed E-state index contributed by atoms with van der Waals surface area (Å²) in [6.07, 6.45) is 2.94. The Balaban J connectivity index is 1.45. The van der Waals surface area contributed by atoms with E-state index in [-0.39, 0.29) is 23.6 Å². The second kappa shape index (κ2) is 8.14. The number of rotatable bonds is 4. The van der Waals surface area contributed by atoms with Crippen molar-refractivity contribution in [2.75, 3.05) is 29.9 Å². The highest BCUT2D eigenvalue weighted by Gasteiger charge is 2.30. The third-order valence-electron chi connectivity index (χ3n) is 5.34.